The van der Waals surface area contributed by atoms with Crippen LogP contribution in [0.3, 0.4) is 0 Å². The lowest BCUT2D eigenvalue weighted by atomic mass is 9.92. The molecular formula is C14H20N2O8. The molecule has 0 bridgehead atoms. The molecule has 0 heterocycles. The van der Waals surface area contributed by atoms with E-state index in [9.17, 15) is 19.2 Å². The Kier molecular flexibility index (Phi) is 7.33. The Labute approximate surface area is 137 Å². The molecule has 2 atom stereocenters. The second-order valence-electron chi connectivity index (χ2n) is 5.46. The van der Waals surface area contributed by atoms with Crippen molar-refractivity contribution in [3.8, 4) is 0 Å². The fourth-order valence-electron chi connectivity index (χ4n) is 2.85. The lowest BCUT2D eigenvalue weighted by molar-refractivity contribution is -0.148. The summed E-state index contributed by atoms with van der Waals surface area (Å²) in [7, 11) is 0. The van der Waals surface area contributed by atoms with Crippen LogP contribution < -0.4 is 0 Å². The lowest BCUT2D eigenvalue weighted by Crippen LogP contribution is -2.56. The maximum atomic E-state index is 11.0. The van der Waals surface area contributed by atoms with Crippen LogP contribution in [-0.4, -0.2) is 92.4 Å². The first-order valence-corrected chi connectivity index (χ1v) is 7.21. The van der Waals surface area contributed by atoms with Crippen molar-refractivity contribution in [2.24, 2.45) is 0 Å². The summed E-state index contributed by atoms with van der Waals surface area (Å²) >= 11 is 0. The molecule has 0 aliphatic heterocycles. The number of rotatable bonds is 10. The Morgan fingerprint density at radius 1 is 0.667 bits per heavy atom. The molecular weight excluding hydrogens is 324 g/mol. The maximum Gasteiger partial charge on any atom is 0.317 e. The van der Waals surface area contributed by atoms with Crippen molar-refractivity contribution < 1.29 is 39.6 Å². The Morgan fingerprint density at radius 3 is 1.12 bits per heavy atom. The van der Waals surface area contributed by atoms with Crippen LogP contribution in [-0.2, 0) is 19.2 Å². The first-order chi connectivity index (χ1) is 11.2. The molecule has 1 rings (SSSR count). The highest BCUT2D eigenvalue weighted by Gasteiger charge is 2.35. The molecule has 0 aromatic heterocycles. The second kappa shape index (κ2) is 8.99. The molecule has 1 aliphatic carbocycles. The molecule has 0 unspecified atom stereocenters. The number of hydrogen-bond acceptors (Lipinski definition) is 6. The predicted octanol–water partition coefficient (Wildman–Crippen LogP) is -0.984. The highest BCUT2D eigenvalue weighted by atomic mass is 16.4. The van der Waals surface area contributed by atoms with Gasteiger partial charge in [0.05, 0.1) is 26.2 Å². The van der Waals surface area contributed by atoms with Gasteiger partial charge in [0.15, 0.2) is 0 Å². The van der Waals surface area contributed by atoms with Gasteiger partial charge in [-0.25, -0.2) is 0 Å². The Balaban J connectivity index is 3.06. The first-order valence-electron chi connectivity index (χ1n) is 7.21. The molecule has 10 heteroatoms. The molecule has 0 spiro atoms. The zero-order chi connectivity index (χ0) is 18.3. The fraction of sp³-hybridized carbons (Fsp3) is 0.571. The molecule has 0 amide bonds. The van der Waals surface area contributed by atoms with Gasteiger partial charge in [-0.05, 0) is 12.8 Å². The topological polar surface area (TPSA) is 156 Å². The van der Waals surface area contributed by atoms with E-state index in [1.165, 1.54) is 9.80 Å². The minimum absolute atomic E-state index is 0.307. The van der Waals surface area contributed by atoms with E-state index in [-0.39, 0.29) is 0 Å². The van der Waals surface area contributed by atoms with Crippen LogP contribution in [0, 0.1) is 0 Å². The smallest absolute Gasteiger partial charge is 0.317 e. The van der Waals surface area contributed by atoms with Gasteiger partial charge in [0, 0.05) is 12.1 Å². The average molecular weight is 344 g/mol. The zero-order valence-corrected chi connectivity index (χ0v) is 12.9. The van der Waals surface area contributed by atoms with Gasteiger partial charge in [-0.3, -0.25) is 29.0 Å². The van der Waals surface area contributed by atoms with Crippen molar-refractivity contribution >= 4 is 23.9 Å². The van der Waals surface area contributed by atoms with Gasteiger partial charge in [0.2, 0.25) is 0 Å². The van der Waals surface area contributed by atoms with Crippen molar-refractivity contribution in [3.63, 3.8) is 0 Å². The first kappa shape index (κ1) is 19.6. The molecule has 0 fully saturated rings. The summed E-state index contributed by atoms with van der Waals surface area (Å²) in [5.74, 6) is -4.86. The Morgan fingerprint density at radius 2 is 0.917 bits per heavy atom. The van der Waals surface area contributed by atoms with Crippen molar-refractivity contribution in [3.05, 3.63) is 12.2 Å². The summed E-state index contributed by atoms with van der Waals surface area (Å²) in [6, 6.07) is -1.22. The van der Waals surface area contributed by atoms with Crippen molar-refractivity contribution in [2.75, 3.05) is 26.2 Å². The largest absolute Gasteiger partial charge is 0.480 e. The van der Waals surface area contributed by atoms with Crippen LogP contribution >= 0.6 is 0 Å². The van der Waals surface area contributed by atoms with Gasteiger partial charge >= 0.3 is 23.9 Å². The molecule has 0 saturated carbocycles. The van der Waals surface area contributed by atoms with E-state index >= 15 is 0 Å². The van der Waals surface area contributed by atoms with Crippen LogP contribution in [0.4, 0.5) is 0 Å². The third-order valence-corrected chi connectivity index (χ3v) is 3.66. The quantitative estimate of drug-likeness (QED) is 0.363. The van der Waals surface area contributed by atoms with E-state index in [0.29, 0.717) is 12.8 Å². The third kappa shape index (κ3) is 6.34. The van der Waals surface area contributed by atoms with E-state index in [4.69, 9.17) is 20.4 Å². The van der Waals surface area contributed by atoms with E-state index in [2.05, 4.69) is 0 Å². The van der Waals surface area contributed by atoms with Crippen molar-refractivity contribution in [1.29, 1.82) is 0 Å². The minimum Gasteiger partial charge on any atom is -0.480 e. The highest BCUT2D eigenvalue weighted by Crippen LogP contribution is 2.23. The molecule has 10 nitrogen and oxygen atoms in total. The van der Waals surface area contributed by atoms with E-state index in [1.807, 2.05) is 0 Å². The lowest BCUT2D eigenvalue weighted by Gasteiger charge is -2.41. The summed E-state index contributed by atoms with van der Waals surface area (Å²) in [5, 5.41) is 36.0. The molecule has 4 N–H and O–H groups in total. The molecule has 0 saturated heterocycles. The summed E-state index contributed by atoms with van der Waals surface area (Å²) in [6.45, 7) is -2.13. The minimum atomic E-state index is -1.22. The summed E-state index contributed by atoms with van der Waals surface area (Å²) in [5.41, 5.74) is 0. The zero-order valence-electron chi connectivity index (χ0n) is 12.9. The Bertz CT molecular complexity index is 455. The molecule has 0 aromatic rings. The van der Waals surface area contributed by atoms with E-state index in [1.54, 1.807) is 12.2 Å². The van der Waals surface area contributed by atoms with Gasteiger partial charge in [-0.2, -0.15) is 0 Å². The molecule has 24 heavy (non-hydrogen) atoms. The average Bonchev–Trinajstić information content (AvgIpc) is 2.44. The highest BCUT2D eigenvalue weighted by molar-refractivity contribution is 5.73. The van der Waals surface area contributed by atoms with Crippen molar-refractivity contribution in [1.82, 2.24) is 9.80 Å². The van der Waals surface area contributed by atoms with Crippen LogP contribution in [0.2, 0.25) is 0 Å². The standard InChI is InChI=1S/C14H20N2O8/c17-11(18)5-15(6-12(19)20)9-3-1-2-4-10(9)16(7-13(21)22)8-14(23)24/h1-2,9-10H,3-8H2,(H,17,18)(H,19,20)(H,21,22)(H,23,24)/t9-,10-/m1/s1. The Hall–Kier alpha value is -2.46. The number of hydrogen-bond donors (Lipinski definition) is 4. The monoisotopic (exact) mass is 344 g/mol. The second-order valence-corrected chi connectivity index (χ2v) is 5.46. The van der Waals surface area contributed by atoms with Crippen LogP contribution in [0.15, 0.2) is 12.2 Å². The van der Waals surface area contributed by atoms with Gasteiger partial charge in [-0.1, -0.05) is 12.2 Å². The molecule has 134 valence electrons. The van der Waals surface area contributed by atoms with E-state index < -0.39 is 62.1 Å². The molecule has 0 radical (unpaired) electrons. The van der Waals surface area contributed by atoms with Gasteiger partial charge in [0.25, 0.3) is 0 Å². The van der Waals surface area contributed by atoms with E-state index in [0.717, 1.165) is 0 Å². The number of nitrogens with zero attached hydrogens (tertiary/aromatic N) is 2. The van der Waals surface area contributed by atoms with Crippen molar-refractivity contribution in [2.45, 2.75) is 24.9 Å². The van der Waals surface area contributed by atoms with Crippen LogP contribution in [0.5, 0.6) is 0 Å². The molecule has 1 aliphatic rings. The number of carboxylic acid groups (broad SMARTS) is 4. The number of carbonyl (C=O) groups is 4. The third-order valence-electron chi connectivity index (χ3n) is 3.66. The fourth-order valence-corrected chi connectivity index (χ4v) is 2.85. The summed E-state index contributed by atoms with van der Waals surface area (Å²) in [4.78, 5) is 46.5. The van der Waals surface area contributed by atoms with Gasteiger partial charge in [0.1, 0.15) is 0 Å². The number of carboxylic acids is 4. The predicted molar refractivity (Wildman–Crippen MR) is 79.6 cm³/mol. The summed E-state index contributed by atoms with van der Waals surface area (Å²) < 4.78 is 0. The van der Waals surface area contributed by atoms with Gasteiger partial charge < -0.3 is 20.4 Å². The number of aliphatic carboxylic acids is 4. The SMILES string of the molecule is O=C(O)CN(CC(=O)O)[C@@H]1CC=CC[C@H]1N(CC(=O)O)CC(=O)O. The van der Waals surface area contributed by atoms with Gasteiger partial charge in [-0.15, -0.1) is 0 Å². The maximum absolute atomic E-state index is 11.0. The summed E-state index contributed by atoms with van der Waals surface area (Å²) in [6.07, 6.45) is 4.11. The van der Waals surface area contributed by atoms with Crippen LogP contribution in [0.1, 0.15) is 12.8 Å². The normalized spacial score (nSPS) is 20.2. The van der Waals surface area contributed by atoms with Crippen LogP contribution in [0.25, 0.3) is 0 Å². The molecule has 0 aromatic carbocycles.